The third-order valence-electron chi connectivity index (χ3n) is 1.13. The first kappa shape index (κ1) is 10.4. The second kappa shape index (κ2) is 4.31. The maximum absolute atomic E-state index is 10.9. The Labute approximate surface area is 68.1 Å². The van der Waals surface area contributed by atoms with E-state index in [0.717, 1.165) is 0 Å². The zero-order chi connectivity index (χ0) is 8.91. The van der Waals surface area contributed by atoms with Gasteiger partial charge >= 0.3 is 0 Å². The number of hydrogen-bond donors (Lipinski definition) is 0. The molecule has 0 radical (unpaired) electrons. The van der Waals surface area contributed by atoms with Crippen LogP contribution in [0.25, 0.3) is 0 Å². The van der Waals surface area contributed by atoms with Gasteiger partial charge in [-0.3, -0.25) is 0 Å². The van der Waals surface area contributed by atoms with Crippen LogP contribution < -0.4 is 0 Å². The average molecular weight is 175 g/mol. The number of nitrogens with zero attached hydrogens (tertiary/aromatic N) is 1. The van der Waals surface area contributed by atoms with Gasteiger partial charge in [-0.25, -0.2) is 8.42 Å². The van der Waals surface area contributed by atoms with E-state index in [-0.39, 0.29) is 0 Å². The van der Waals surface area contributed by atoms with Crippen molar-refractivity contribution in [3.05, 3.63) is 25.3 Å². The summed E-state index contributed by atoms with van der Waals surface area (Å²) in [4.78, 5) is 0. The molecule has 0 heterocycles. The minimum Gasteiger partial charge on any atom is -0.212 e. The van der Waals surface area contributed by atoms with Crippen LogP contribution in [0.2, 0.25) is 0 Å². The summed E-state index contributed by atoms with van der Waals surface area (Å²) in [6, 6.07) is 0. The molecule has 0 amide bonds. The molecular weight excluding hydrogens is 162 g/mol. The third kappa shape index (κ3) is 3.95. The summed E-state index contributed by atoms with van der Waals surface area (Å²) in [5.74, 6) is 0. The van der Waals surface area contributed by atoms with Crippen molar-refractivity contribution in [2.45, 2.75) is 0 Å². The van der Waals surface area contributed by atoms with Crippen LogP contribution >= 0.6 is 0 Å². The van der Waals surface area contributed by atoms with Crippen molar-refractivity contribution in [3.8, 4) is 0 Å². The quantitative estimate of drug-likeness (QED) is 0.574. The molecule has 0 atom stereocenters. The Morgan fingerprint density at radius 1 is 1.27 bits per heavy atom. The maximum atomic E-state index is 10.9. The molecule has 0 aliphatic carbocycles. The molecule has 11 heavy (non-hydrogen) atoms. The fourth-order valence-corrected chi connectivity index (χ4v) is 1.39. The van der Waals surface area contributed by atoms with E-state index in [2.05, 4.69) is 13.2 Å². The molecule has 64 valence electrons. The lowest BCUT2D eigenvalue weighted by Gasteiger charge is -2.14. The highest BCUT2D eigenvalue weighted by Crippen LogP contribution is 1.96. The van der Waals surface area contributed by atoms with Gasteiger partial charge in [0.1, 0.15) is 0 Å². The summed E-state index contributed by atoms with van der Waals surface area (Å²) in [5.41, 5.74) is 0. The van der Waals surface area contributed by atoms with Crippen LogP contribution in [-0.2, 0) is 10.0 Å². The van der Waals surface area contributed by atoms with Crippen molar-refractivity contribution in [1.29, 1.82) is 0 Å². The topological polar surface area (TPSA) is 37.4 Å². The van der Waals surface area contributed by atoms with E-state index in [1.54, 1.807) is 12.2 Å². The molecule has 0 fully saturated rings. The van der Waals surface area contributed by atoms with Crippen LogP contribution in [0.5, 0.6) is 0 Å². The fraction of sp³-hybridized carbons (Fsp3) is 0.429. The van der Waals surface area contributed by atoms with Crippen molar-refractivity contribution in [2.75, 3.05) is 19.3 Å². The minimum atomic E-state index is -3.10. The second-order valence-corrected chi connectivity index (χ2v) is 4.14. The monoisotopic (exact) mass is 175 g/mol. The van der Waals surface area contributed by atoms with Gasteiger partial charge in [0.15, 0.2) is 0 Å². The number of rotatable bonds is 5. The maximum Gasteiger partial charge on any atom is 0.211 e. The van der Waals surface area contributed by atoms with Gasteiger partial charge in [0.25, 0.3) is 0 Å². The van der Waals surface area contributed by atoms with Crippen molar-refractivity contribution in [2.24, 2.45) is 0 Å². The highest BCUT2D eigenvalue weighted by molar-refractivity contribution is 7.88. The smallest absolute Gasteiger partial charge is 0.211 e. The first-order chi connectivity index (χ1) is 5.02. The molecule has 0 bridgehead atoms. The van der Waals surface area contributed by atoms with Crippen LogP contribution in [0.3, 0.4) is 0 Å². The van der Waals surface area contributed by atoms with Gasteiger partial charge in [-0.15, -0.1) is 13.2 Å². The molecule has 0 aromatic carbocycles. The molecule has 0 rings (SSSR count). The molecule has 0 saturated heterocycles. The lowest BCUT2D eigenvalue weighted by Crippen LogP contribution is -2.30. The van der Waals surface area contributed by atoms with E-state index >= 15 is 0 Å². The number of hydrogen-bond acceptors (Lipinski definition) is 2. The standard InChI is InChI=1S/C7H13NO2S/c1-4-6-8(7-5-2)11(3,9)10/h4-5H,1-2,6-7H2,3H3. The summed E-state index contributed by atoms with van der Waals surface area (Å²) < 4.78 is 23.2. The Morgan fingerprint density at radius 2 is 1.64 bits per heavy atom. The summed E-state index contributed by atoms with van der Waals surface area (Å²) in [6.45, 7) is 7.59. The van der Waals surface area contributed by atoms with Gasteiger partial charge in [0.2, 0.25) is 10.0 Å². The van der Waals surface area contributed by atoms with Crippen molar-refractivity contribution in [1.82, 2.24) is 4.31 Å². The number of sulfonamides is 1. The molecule has 0 spiro atoms. The van der Waals surface area contributed by atoms with E-state index in [0.29, 0.717) is 13.1 Å². The Balaban J connectivity index is 4.33. The van der Waals surface area contributed by atoms with Crippen LogP contribution in [0.15, 0.2) is 25.3 Å². The van der Waals surface area contributed by atoms with Crippen LogP contribution in [0, 0.1) is 0 Å². The van der Waals surface area contributed by atoms with Gasteiger partial charge < -0.3 is 0 Å². The zero-order valence-electron chi connectivity index (χ0n) is 6.66. The Bertz CT molecular complexity index is 221. The lowest BCUT2D eigenvalue weighted by molar-refractivity contribution is 0.480. The summed E-state index contributed by atoms with van der Waals surface area (Å²) >= 11 is 0. The predicted molar refractivity (Wildman–Crippen MR) is 46.8 cm³/mol. The molecule has 0 aliphatic rings. The van der Waals surface area contributed by atoms with Crippen molar-refractivity contribution < 1.29 is 8.42 Å². The zero-order valence-corrected chi connectivity index (χ0v) is 7.47. The first-order valence-corrected chi connectivity index (χ1v) is 5.04. The minimum absolute atomic E-state index is 0.338. The largest absolute Gasteiger partial charge is 0.212 e. The Kier molecular flexibility index (Phi) is 4.07. The average Bonchev–Trinajstić information content (AvgIpc) is 1.85. The SMILES string of the molecule is C=CCN(CC=C)S(C)(=O)=O. The van der Waals surface area contributed by atoms with E-state index in [1.807, 2.05) is 0 Å². The van der Waals surface area contributed by atoms with Crippen LogP contribution in [-0.4, -0.2) is 32.1 Å². The normalized spacial score (nSPS) is 11.5. The molecule has 0 saturated carbocycles. The van der Waals surface area contributed by atoms with Crippen LogP contribution in [0.4, 0.5) is 0 Å². The first-order valence-electron chi connectivity index (χ1n) is 3.19. The predicted octanol–water partition coefficient (Wildman–Crippen LogP) is 0.620. The highest BCUT2D eigenvalue weighted by atomic mass is 32.2. The summed E-state index contributed by atoms with van der Waals surface area (Å²) in [7, 11) is -3.10. The van der Waals surface area contributed by atoms with Gasteiger partial charge in [0.05, 0.1) is 6.26 Å². The molecule has 3 nitrogen and oxygen atoms in total. The van der Waals surface area contributed by atoms with E-state index in [9.17, 15) is 8.42 Å². The van der Waals surface area contributed by atoms with E-state index in [1.165, 1.54) is 10.6 Å². The molecule has 0 aromatic rings. The molecule has 0 N–H and O–H groups in total. The summed E-state index contributed by atoms with van der Waals surface area (Å²) in [6.07, 6.45) is 4.26. The fourth-order valence-electron chi connectivity index (χ4n) is 0.633. The lowest BCUT2D eigenvalue weighted by atomic mass is 10.5. The summed E-state index contributed by atoms with van der Waals surface area (Å²) in [5, 5.41) is 0. The van der Waals surface area contributed by atoms with E-state index in [4.69, 9.17) is 0 Å². The van der Waals surface area contributed by atoms with Crippen LogP contribution in [0.1, 0.15) is 0 Å². The van der Waals surface area contributed by atoms with E-state index < -0.39 is 10.0 Å². The highest BCUT2D eigenvalue weighted by Gasteiger charge is 2.11. The third-order valence-corrected chi connectivity index (χ3v) is 2.37. The van der Waals surface area contributed by atoms with Gasteiger partial charge in [0, 0.05) is 13.1 Å². The Morgan fingerprint density at radius 3 is 1.82 bits per heavy atom. The van der Waals surface area contributed by atoms with Gasteiger partial charge in [-0.2, -0.15) is 4.31 Å². The van der Waals surface area contributed by atoms with Gasteiger partial charge in [-0.1, -0.05) is 12.2 Å². The Hall–Kier alpha value is -0.610. The van der Waals surface area contributed by atoms with Crippen molar-refractivity contribution >= 4 is 10.0 Å². The second-order valence-electron chi connectivity index (χ2n) is 2.16. The molecule has 0 aromatic heterocycles. The molecular formula is C7H13NO2S. The molecule has 0 unspecified atom stereocenters. The molecule has 4 heteroatoms. The molecule has 0 aliphatic heterocycles. The van der Waals surface area contributed by atoms with Gasteiger partial charge in [-0.05, 0) is 0 Å². The van der Waals surface area contributed by atoms with Crippen molar-refractivity contribution in [3.63, 3.8) is 0 Å².